The average molecular weight is 505 g/mol. The molecule has 2 aromatic rings. The Labute approximate surface area is 210 Å². The van der Waals surface area contributed by atoms with Gasteiger partial charge in [-0.05, 0) is 81.0 Å². The number of benzene rings is 2. The molecule has 1 saturated carbocycles. The third-order valence-electron chi connectivity index (χ3n) is 6.51. The van der Waals surface area contributed by atoms with Crippen LogP contribution < -0.4 is 19.7 Å². The van der Waals surface area contributed by atoms with Crippen LogP contribution in [0.15, 0.2) is 42.5 Å². The van der Waals surface area contributed by atoms with E-state index in [-0.39, 0.29) is 24.3 Å². The summed E-state index contributed by atoms with van der Waals surface area (Å²) in [5.41, 5.74) is 0.921. The summed E-state index contributed by atoms with van der Waals surface area (Å²) in [5, 5.41) is 4.45. The first kappa shape index (κ1) is 24.7. The summed E-state index contributed by atoms with van der Waals surface area (Å²) in [5.74, 6) is 1.65. The van der Waals surface area contributed by atoms with E-state index in [1.807, 2.05) is 19.1 Å². The lowest BCUT2D eigenvalue weighted by Gasteiger charge is -2.36. The third-order valence-corrected chi connectivity index (χ3v) is 7.00. The molecule has 8 heteroatoms. The van der Waals surface area contributed by atoms with Crippen LogP contribution in [-0.4, -0.2) is 43.5 Å². The minimum absolute atomic E-state index is 0.0674. The standard InChI is InChI=1S/C26H30Cl2N2O4/c1-2-30-15-25(34-24-12-7-19(28)14-23(24)30)26(32)29-20-8-3-17(4-9-20)13-21(31)16-33-22-10-5-18(27)6-11-22/h5-7,10-12,14,17,20,25H,2-4,8-9,13,15-16H2,1H3,(H,29,32)/t17?,20?,25-/m1/s1. The van der Waals surface area contributed by atoms with Gasteiger partial charge in [-0.1, -0.05) is 23.2 Å². The van der Waals surface area contributed by atoms with Gasteiger partial charge in [0.1, 0.15) is 18.1 Å². The number of amides is 1. The minimum Gasteiger partial charge on any atom is -0.486 e. The largest absolute Gasteiger partial charge is 0.486 e. The molecule has 182 valence electrons. The Balaban J connectivity index is 1.21. The number of likely N-dealkylation sites (N-methyl/N-ethyl adjacent to an activating group) is 1. The second kappa shape index (κ2) is 11.3. The predicted octanol–water partition coefficient (Wildman–Crippen LogP) is 5.29. The van der Waals surface area contributed by atoms with Crippen molar-refractivity contribution in [2.75, 3.05) is 24.6 Å². The maximum Gasteiger partial charge on any atom is 0.263 e. The minimum atomic E-state index is -0.557. The molecule has 0 spiro atoms. The van der Waals surface area contributed by atoms with Crippen molar-refractivity contribution < 1.29 is 19.1 Å². The lowest BCUT2D eigenvalue weighted by atomic mass is 9.83. The van der Waals surface area contributed by atoms with Crippen LogP contribution in [0.1, 0.15) is 39.0 Å². The zero-order valence-corrected chi connectivity index (χ0v) is 20.8. The molecule has 0 radical (unpaired) electrons. The molecule has 34 heavy (non-hydrogen) atoms. The summed E-state index contributed by atoms with van der Waals surface area (Å²) in [6.45, 7) is 3.38. The van der Waals surface area contributed by atoms with Gasteiger partial charge in [0.25, 0.3) is 5.91 Å². The highest BCUT2D eigenvalue weighted by atomic mass is 35.5. The molecule has 6 nitrogen and oxygen atoms in total. The van der Waals surface area contributed by atoms with Crippen LogP contribution in [0.4, 0.5) is 5.69 Å². The molecule has 1 amide bonds. The molecule has 1 aliphatic heterocycles. The number of Topliss-reactive ketones (excluding diaryl/α,β-unsaturated/α-hetero) is 1. The van der Waals surface area contributed by atoms with E-state index < -0.39 is 6.10 Å². The molecule has 4 rings (SSSR count). The van der Waals surface area contributed by atoms with Gasteiger partial charge < -0.3 is 19.7 Å². The molecular formula is C26H30Cl2N2O4. The summed E-state index contributed by atoms with van der Waals surface area (Å²) in [7, 11) is 0. The number of hydrogen-bond donors (Lipinski definition) is 1. The van der Waals surface area contributed by atoms with Crippen LogP contribution in [0.25, 0.3) is 0 Å². The molecule has 0 aromatic heterocycles. The van der Waals surface area contributed by atoms with Crippen LogP contribution >= 0.6 is 23.2 Å². The Morgan fingerprint density at radius 1 is 1.06 bits per heavy atom. The Morgan fingerprint density at radius 2 is 1.76 bits per heavy atom. The second-order valence-electron chi connectivity index (χ2n) is 8.97. The van der Waals surface area contributed by atoms with Gasteiger partial charge in [-0.3, -0.25) is 9.59 Å². The van der Waals surface area contributed by atoms with Gasteiger partial charge in [0.15, 0.2) is 11.9 Å². The van der Waals surface area contributed by atoms with Crippen molar-refractivity contribution in [3.05, 3.63) is 52.5 Å². The van der Waals surface area contributed by atoms with Crippen LogP contribution in [0.5, 0.6) is 11.5 Å². The van der Waals surface area contributed by atoms with E-state index in [2.05, 4.69) is 10.2 Å². The number of carbonyl (C=O) groups excluding carboxylic acids is 2. The second-order valence-corrected chi connectivity index (χ2v) is 9.84. The molecule has 1 heterocycles. The quantitative estimate of drug-likeness (QED) is 0.528. The van der Waals surface area contributed by atoms with Gasteiger partial charge in [-0.25, -0.2) is 0 Å². The first-order valence-electron chi connectivity index (χ1n) is 11.8. The van der Waals surface area contributed by atoms with Crippen LogP contribution in [0.3, 0.4) is 0 Å². The van der Waals surface area contributed by atoms with E-state index in [0.717, 1.165) is 37.9 Å². The van der Waals surface area contributed by atoms with Crippen LogP contribution in [0.2, 0.25) is 10.0 Å². The van der Waals surface area contributed by atoms with E-state index in [9.17, 15) is 9.59 Å². The van der Waals surface area contributed by atoms with E-state index >= 15 is 0 Å². The molecule has 1 aliphatic carbocycles. The zero-order chi connectivity index (χ0) is 24.1. The highest BCUT2D eigenvalue weighted by molar-refractivity contribution is 6.31. The van der Waals surface area contributed by atoms with Crippen molar-refractivity contribution in [2.24, 2.45) is 5.92 Å². The predicted molar refractivity (Wildman–Crippen MR) is 134 cm³/mol. The molecule has 1 atom stereocenters. The molecule has 2 aliphatic rings. The van der Waals surface area contributed by atoms with E-state index in [1.165, 1.54) is 0 Å². The number of halogens is 2. The molecule has 0 unspecified atom stereocenters. The van der Waals surface area contributed by atoms with Gasteiger partial charge in [0.05, 0.1) is 12.2 Å². The summed E-state index contributed by atoms with van der Waals surface area (Å²) in [4.78, 5) is 27.4. The summed E-state index contributed by atoms with van der Waals surface area (Å²) in [6, 6.07) is 12.6. The topological polar surface area (TPSA) is 67.9 Å². The maximum atomic E-state index is 12.9. The van der Waals surface area contributed by atoms with Gasteiger partial charge in [0.2, 0.25) is 0 Å². The molecule has 1 N–H and O–H groups in total. The number of rotatable bonds is 8. The number of carbonyl (C=O) groups is 2. The third kappa shape index (κ3) is 6.36. The number of nitrogens with one attached hydrogen (secondary N) is 1. The SMILES string of the molecule is CCN1C[C@H](C(=O)NC2CCC(CC(=O)COc3ccc(Cl)cc3)CC2)Oc2ccc(Cl)cc21. The van der Waals surface area contributed by atoms with E-state index in [4.69, 9.17) is 32.7 Å². The van der Waals surface area contributed by atoms with E-state index in [1.54, 1.807) is 30.3 Å². The van der Waals surface area contributed by atoms with Gasteiger partial charge in [-0.2, -0.15) is 0 Å². The van der Waals surface area contributed by atoms with Crippen molar-refractivity contribution in [1.82, 2.24) is 5.32 Å². The molecule has 0 bridgehead atoms. The zero-order valence-electron chi connectivity index (χ0n) is 19.3. The van der Waals surface area contributed by atoms with Crippen LogP contribution in [0, 0.1) is 5.92 Å². The van der Waals surface area contributed by atoms with E-state index in [0.29, 0.717) is 40.4 Å². The Hall–Kier alpha value is -2.44. The Bertz CT molecular complexity index is 1010. The maximum absolute atomic E-state index is 12.9. The molecular weight excluding hydrogens is 475 g/mol. The molecule has 2 aromatic carbocycles. The fourth-order valence-corrected chi connectivity index (χ4v) is 4.94. The first-order valence-corrected chi connectivity index (χ1v) is 12.6. The van der Waals surface area contributed by atoms with Gasteiger partial charge >= 0.3 is 0 Å². The van der Waals surface area contributed by atoms with Gasteiger partial charge in [0, 0.05) is 29.1 Å². The molecule has 0 saturated heterocycles. The van der Waals surface area contributed by atoms with Crippen molar-refractivity contribution >= 4 is 40.6 Å². The van der Waals surface area contributed by atoms with Crippen LogP contribution in [-0.2, 0) is 9.59 Å². The fraction of sp³-hybridized carbons (Fsp3) is 0.462. The molecule has 1 fully saturated rings. The number of ketones is 1. The highest BCUT2D eigenvalue weighted by Gasteiger charge is 2.32. The normalized spacial score (nSPS) is 21.9. The number of hydrogen-bond acceptors (Lipinski definition) is 5. The number of anilines is 1. The smallest absolute Gasteiger partial charge is 0.263 e. The lowest BCUT2D eigenvalue weighted by molar-refractivity contribution is -0.129. The number of nitrogens with zero attached hydrogens (tertiary/aromatic N) is 1. The van der Waals surface area contributed by atoms with Crippen molar-refractivity contribution in [2.45, 2.75) is 51.2 Å². The van der Waals surface area contributed by atoms with Crippen molar-refractivity contribution in [3.8, 4) is 11.5 Å². The fourth-order valence-electron chi connectivity index (χ4n) is 4.64. The lowest BCUT2D eigenvalue weighted by Crippen LogP contribution is -2.51. The summed E-state index contributed by atoms with van der Waals surface area (Å²) >= 11 is 12.0. The number of fused-ring (bicyclic) bond motifs is 1. The van der Waals surface area contributed by atoms with Crippen molar-refractivity contribution in [1.29, 1.82) is 0 Å². The summed E-state index contributed by atoms with van der Waals surface area (Å²) in [6.07, 6.45) is 3.48. The first-order chi connectivity index (χ1) is 16.4. The highest BCUT2D eigenvalue weighted by Crippen LogP contribution is 2.36. The van der Waals surface area contributed by atoms with Gasteiger partial charge in [-0.15, -0.1) is 0 Å². The Morgan fingerprint density at radius 3 is 2.47 bits per heavy atom. The number of ether oxygens (including phenoxy) is 2. The average Bonchev–Trinajstić information content (AvgIpc) is 2.84. The summed E-state index contributed by atoms with van der Waals surface area (Å²) < 4.78 is 11.6. The monoisotopic (exact) mass is 504 g/mol. The Kier molecular flexibility index (Phi) is 8.22. The van der Waals surface area contributed by atoms with Crippen molar-refractivity contribution in [3.63, 3.8) is 0 Å².